The fraction of sp³-hybridized carbons (Fsp3) is 0.429. The van der Waals surface area contributed by atoms with E-state index in [2.05, 4.69) is 0 Å². The normalized spacial score (nSPS) is 28.9. The highest BCUT2D eigenvalue weighted by Gasteiger charge is 2.57. The SMILES string of the molecule is CC1(C)O[C@H]2C[C@@](c3cc(F)ccc3F)(S(=O)(=O)c3ccc(Cl)cc3)CC[C@H]2O1. The lowest BCUT2D eigenvalue weighted by molar-refractivity contribution is -0.145. The molecule has 29 heavy (non-hydrogen) atoms. The zero-order chi connectivity index (χ0) is 21.0. The number of hydrogen-bond donors (Lipinski definition) is 0. The lowest BCUT2D eigenvalue weighted by atomic mass is 9.80. The van der Waals surface area contributed by atoms with Gasteiger partial charge in [0, 0.05) is 17.0 Å². The summed E-state index contributed by atoms with van der Waals surface area (Å²) in [5, 5.41) is 0.382. The maximum atomic E-state index is 14.9. The highest BCUT2D eigenvalue weighted by molar-refractivity contribution is 7.92. The third-order valence-corrected chi connectivity index (χ3v) is 8.47. The number of ether oxygens (including phenoxy) is 2. The first-order chi connectivity index (χ1) is 13.5. The number of sulfone groups is 1. The Morgan fingerprint density at radius 1 is 1.03 bits per heavy atom. The molecule has 0 spiro atoms. The van der Waals surface area contributed by atoms with E-state index in [9.17, 15) is 17.2 Å². The molecule has 1 aliphatic carbocycles. The average Bonchev–Trinajstić information content (AvgIpc) is 2.96. The van der Waals surface area contributed by atoms with E-state index in [0.717, 1.165) is 18.2 Å². The van der Waals surface area contributed by atoms with Gasteiger partial charge in [0.15, 0.2) is 15.6 Å². The molecular weight excluding hydrogens is 422 g/mol. The second-order valence-corrected chi connectivity index (χ2v) is 10.7. The van der Waals surface area contributed by atoms with E-state index in [1.54, 1.807) is 13.8 Å². The lowest BCUT2D eigenvalue weighted by Crippen LogP contribution is -2.47. The fourth-order valence-electron chi connectivity index (χ4n) is 4.45. The van der Waals surface area contributed by atoms with Crippen molar-refractivity contribution in [2.45, 2.75) is 60.7 Å². The molecule has 3 atom stereocenters. The number of rotatable bonds is 3. The summed E-state index contributed by atoms with van der Waals surface area (Å²) in [6.45, 7) is 3.51. The molecule has 8 heteroatoms. The fourth-order valence-corrected chi connectivity index (χ4v) is 6.74. The van der Waals surface area contributed by atoms with Gasteiger partial charge in [0.1, 0.15) is 16.4 Å². The first kappa shape index (κ1) is 20.7. The second kappa shape index (κ2) is 7.01. The lowest BCUT2D eigenvalue weighted by Gasteiger charge is -2.41. The van der Waals surface area contributed by atoms with Crippen molar-refractivity contribution >= 4 is 21.4 Å². The van der Waals surface area contributed by atoms with Crippen molar-refractivity contribution in [3.05, 3.63) is 64.7 Å². The predicted octanol–water partition coefficient (Wildman–Crippen LogP) is 4.99. The monoisotopic (exact) mass is 442 g/mol. The van der Waals surface area contributed by atoms with Gasteiger partial charge in [-0.05, 0) is 69.2 Å². The molecule has 2 aromatic rings. The highest BCUT2D eigenvalue weighted by atomic mass is 35.5. The molecule has 1 heterocycles. The zero-order valence-corrected chi connectivity index (χ0v) is 17.6. The molecule has 2 aromatic carbocycles. The van der Waals surface area contributed by atoms with Crippen LogP contribution in [0.2, 0.25) is 5.02 Å². The quantitative estimate of drug-likeness (QED) is 0.671. The van der Waals surface area contributed by atoms with E-state index in [1.165, 1.54) is 24.3 Å². The molecule has 0 aromatic heterocycles. The van der Waals surface area contributed by atoms with Crippen molar-refractivity contribution in [1.29, 1.82) is 0 Å². The van der Waals surface area contributed by atoms with E-state index < -0.39 is 38.1 Å². The van der Waals surface area contributed by atoms with Gasteiger partial charge < -0.3 is 9.47 Å². The van der Waals surface area contributed by atoms with Gasteiger partial charge in [0.2, 0.25) is 0 Å². The molecule has 1 aliphatic heterocycles. The Hall–Kier alpha value is -1.54. The van der Waals surface area contributed by atoms with Crippen LogP contribution in [0.1, 0.15) is 38.7 Å². The van der Waals surface area contributed by atoms with Crippen molar-refractivity contribution < 1.29 is 26.7 Å². The van der Waals surface area contributed by atoms with Gasteiger partial charge in [-0.3, -0.25) is 0 Å². The molecule has 0 unspecified atom stereocenters. The Morgan fingerprint density at radius 3 is 2.38 bits per heavy atom. The van der Waals surface area contributed by atoms with Crippen molar-refractivity contribution in [3.63, 3.8) is 0 Å². The first-order valence-electron chi connectivity index (χ1n) is 9.35. The van der Waals surface area contributed by atoms with E-state index >= 15 is 0 Å². The topological polar surface area (TPSA) is 52.6 Å². The predicted molar refractivity (Wildman–Crippen MR) is 104 cm³/mol. The molecule has 1 saturated heterocycles. The van der Waals surface area contributed by atoms with Crippen molar-refractivity contribution in [2.75, 3.05) is 0 Å². The van der Waals surface area contributed by atoms with Crippen LogP contribution in [0.25, 0.3) is 0 Å². The van der Waals surface area contributed by atoms with Crippen LogP contribution in [0.4, 0.5) is 8.78 Å². The summed E-state index contributed by atoms with van der Waals surface area (Å²) in [4.78, 5) is 0.00202. The Balaban J connectivity index is 1.89. The summed E-state index contributed by atoms with van der Waals surface area (Å²) in [5.41, 5.74) is -0.181. The average molecular weight is 443 g/mol. The Bertz CT molecular complexity index is 1040. The first-order valence-corrected chi connectivity index (χ1v) is 11.2. The van der Waals surface area contributed by atoms with Crippen LogP contribution in [-0.2, 0) is 24.1 Å². The van der Waals surface area contributed by atoms with Crippen LogP contribution in [0.15, 0.2) is 47.4 Å². The largest absolute Gasteiger partial charge is 0.345 e. The maximum absolute atomic E-state index is 14.9. The molecule has 2 aliphatic rings. The van der Waals surface area contributed by atoms with Crippen LogP contribution in [-0.4, -0.2) is 26.4 Å². The van der Waals surface area contributed by atoms with Gasteiger partial charge in [0.25, 0.3) is 0 Å². The molecule has 4 rings (SSSR count). The smallest absolute Gasteiger partial charge is 0.188 e. The van der Waals surface area contributed by atoms with Crippen LogP contribution < -0.4 is 0 Å². The number of halogens is 3. The molecule has 0 N–H and O–H groups in total. The third-order valence-electron chi connectivity index (χ3n) is 5.71. The Kier molecular flexibility index (Phi) is 5.01. The highest BCUT2D eigenvalue weighted by Crippen LogP contribution is 2.51. The van der Waals surface area contributed by atoms with E-state index in [4.69, 9.17) is 21.1 Å². The van der Waals surface area contributed by atoms with E-state index in [1.807, 2.05) is 0 Å². The summed E-state index contributed by atoms with van der Waals surface area (Å²) in [5.74, 6) is -2.32. The summed E-state index contributed by atoms with van der Waals surface area (Å²) >= 11 is 5.91. The Labute approximate surface area is 173 Å². The van der Waals surface area contributed by atoms with Gasteiger partial charge in [-0.25, -0.2) is 17.2 Å². The number of hydrogen-bond acceptors (Lipinski definition) is 4. The Morgan fingerprint density at radius 2 is 1.69 bits per heavy atom. The maximum Gasteiger partial charge on any atom is 0.188 e. The van der Waals surface area contributed by atoms with Gasteiger partial charge in [-0.1, -0.05) is 11.6 Å². The summed E-state index contributed by atoms with van der Waals surface area (Å²) in [6, 6.07) is 8.63. The standard InChI is InChI=1S/C21H21ClF2O4S/c1-20(2)27-18-9-10-21(12-19(18)28-20,16-11-14(23)5-8-17(16)24)29(25,26)15-6-3-13(22)4-7-15/h3-8,11,18-19H,9-10,12H2,1-2H3/t18-,19+,21+/m1/s1. The zero-order valence-electron chi connectivity index (χ0n) is 16.0. The van der Waals surface area contributed by atoms with Crippen LogP contribution in [0.5, 0.6) is 0 Å². The third kappa shape index (κ3) is 3.48. The molecule has 0 amide bonds. The number of fused-ring (bicyclic) bond motifs is 1. The summed E-state index contributed by atoms with van der Waals surface area (Å²) in [7, 11) is -4.11. The van der Waals surface area contributed by atoms with Crippen molar-refractivity contribution in [3.8, 4) is 0 Å². The molecular formula is C21H21ClF2O4S. The summed E-state index contributed by atoms with van der Waals surface area (Å²) in [6.07, 6.45) is -0.457. The van der Waals surface area contributed by atoms with E-state index in [0.29, 0.717) is 11.4 Å². The molecule has 0 bridgehead atoms. The molecule has 4 nitrogen and oxygen atoms in total. The van der Waals surface area contributed by atoms with Crippen molar-refractivity contribution in [1.82, 2.24) is 0 Å². The second-order valence-electron chi connectivity index (χ2n) is 8.03. The minimum atomic E-state index is -4.11. The molecule has 2 fully saturated rings. The minimum Gasteiger partial charge on any atom is -0.345 e. The van der Waals surface area contributed by atoms with Crippen molar-refractivity contribution in [2.24, 2.45) is 0 Å². The van der Waals surface area contributed by atoms with Gasteiger partial charge in [-0.15, -0.1) is 0 Å². The van der Waals surface area contributed by atoms with Crippen LogP contribution >= 0.6 is 11.6 Å². The van der Waals surface area contributed by atoms with Gasteiger partial charge in [-0.2, -0.15) is 0 Å². The van der Waals surface area contributed by atoms with Gasteiger partial charge in [0.05, 0.1) is 17.1 Å². The summed E-state index contributed by atoms with van der Waals surface area (Å²) < 4.78 is 66.7. The molecule has 0 radical (unpaired) electrons. The van der Waals surface area contributed by atoms with Gasteiger partial charge >= 0.3 is 0 Å². The van der Waals surface area contributed by atoms with Crippen LogP contribution in [0, 0.1) is 11.6 Å². The number of benzene rings is 2. The van der Waals surface area contributed by atoms with E-state index in [-0.39, 0.29) is 29.4 Å². The molecule has 1 saturated carbocycles. The molecule has 156 valence electrons. The minimum absolute atomic E-state index is 0.00202. The van der Waals surface area contributed by atoms with Crippen LogP contribution in [0.3, 0.4) is 0 Å².